The van der Waals surface area contributed by atoms with Crippen LogP contribution in [0.3, 0.4) is 0 Å². The highest BCUT2D eigenvalue weighted by Gasteiger charge is 2.04. The van der Waals surface area contributed by atoms with Gasteiger partial charge in [0.25, 0.3) is 0 Å². The molecule has 1 atom stereocenters. The SMILES string of the molecule is CNC(CCC=O)CNC(C)C. The number of likely N-dealkylation sites (N-methyl/N-ethyl adjacent to an activating group) is 1. The molecule has 0 heterocycles. The molecule has 0 bridgehead atoms. The van der Waals surface area contributed by atoms with Gasteiger partial charge in [-0.3, -0.25) is 0 Å². The normalized spacial score (nSPS) is 13.3. The van der Waals surface area contributed by atoms with E-state index in [9.17, 15) is 4.79 Å². The molecule has 0 aromatic carbocycles. The summed E-state index contributed by atoms with van der Waals surface area (Å²) in [4.78, 5) is 10.1. The second-order valence-electron chi connectivity index (χ2n) is 3.29. The van der Waals surface area contributed by atoms with Crippen LogP contribution in [0.2, 0.25) is 0 Å². The van der Waals surface area contributed by atoms with E-state index in [0.717, 1.165) is 19.3 Å². The third-order valence-electron chi connectivity index (χ3n) is 1.81. The molecule has 72 valence electrons. The minimum atomic E-state index is 0.414. The van der Waals surface area contributed by atoms with Crippen LogP contribution < -0.4 is 10.6 Å². The number of hydrogen-bond donors (Lipinski definition) is 2. The Morgan fingerprint density at radius 1 is 1.42 bits per heavy atom. The molecule has 12 heavy (non-hydrogen) atoms. The van der Waals surface area contributed by atoms with E-state index in [1.54, 1.807) is 0 Å². The van der Waals surface area contributed by atoms with Crippen LogP contribution in [0.25, 0.3) is 0 Å². The van der Waals surface area contributed by atoms with Crippen LogP contribution in [0.1, 0.15) is 26.7 Å². The lowest BCUT2D eigenvalue weighted by Gasteiger charge is -2.17. The number of aldehydes is 1. The van der Waals surface area contributed by atoms with Crippen LogP contribution >= 0.6 is 0 Å². The van der Waals surface area contributed by atoms with E-state index in [-0.39, 0.29) is 0 Å². The molecule has 0 rings (SSSR count). The van der Waals surface area contributed by atoms with Gasteiger partial charge in [0.05, 0.1) is 0 Å². The molecule has 1 unspecified atom stereocenters. The lowest BCUT2D eigenvalue weighted by molar-refractivity contribution is -0.108. The van der Waals surface area contributed by atoms with Crippen LogP contribution in [0.15, 0.2) is 0 Å². The third-order valence-corrected chi connectivity index (χ3v) is 1.81. The van der Waals surface area contributed by atoms with E-state index in [2.05, 4.69) is 24.5 Å². The Hall–Kier alpha value is -0.410. The molecule has 0 aromatic heterocycles. The van der Waals surface area contributed by atoms with Crippen LogP contribution in [0.5, 0.6) is 0 Å². The Morgan fingerprint density at radius 3 is 2.50 bits per heavy atom. The highest BCUT2D eigenvalue weighted by Crippen LogP contribution is 1.93. The maximum Gasteiger partial charge on any atom is 0.120 e. The van der Waals surface area contributed by atoms with Crippen molar-refractivity contribution in [1.82, 2.24) is 10.6 Å². The molecule has 0 radical (unpaired) electrons. The molecular weight excluding hydrogens is 152 g/mol. The predicted molar refractivity (Wildman–Crippen MR) is 51.3 cm³/mol. The van der Waals surface area contributed by atoms with Crippen molar-refractivity contribution in [3.05, 3.63) is 0 Å². The Kier molecular flexibility index (Phi) is 7.00. The summed E-state index contributed by atoms with van der Waals surface area (Å²) in [5, 5.41) is 6.50. The van der Waals surface area contributed by atoms with Gasteiger partial charge in [0.15, 0.2) is 0 Å². The van der Waals surface area contributed by atoms with Crippen LogP contribution in [0, 0.1) is 0 Å². The smallest absolute Gasteiger partial charge is 0.120 e. The van der Waals surface area contributed by atoms with Gasteiger partial charge in [-0.05, 0) is 13.5 Å². The zero-order valence-corrected chi connectivity index (χ0v) is 8.26. The van der Waals surface area contributed by atoms with Crippen molar-refractivity contribution in [1.29, 1.82) is 0 Å². The summed E-state index contributed by atoms with van der Waals surface area (Å²) in [6, 6.07) is 0.926. The van der Waals surface area contributed by atoms with Crippen LogP contribution in [-0.2, 0) is 4.79 Å². The van der Waals surface area contributed by atoms with Crippen molar-refractivity contribution in [3.63, 3.8) is 0 Å². The maximum absolute atomic E-state index is 10.1. The average molecular weight is 172 g/mol. The number of rotatable bonds is 7. The molecule has 0 aliphatic rings. The van der Waals surface area contributed by atoms with Gasteiger partial charge in [-0.2, -0.15) is 0 Å². The summed E-state index contributed by atoms with van der Waals surface area (Å²) in [6.45, 7) is 5.17. The third kappa shape index (κ3) is 6.31. The van der Waals surface area contributed by atoms with Gasteiger partial charge in [-0.1, -0.05) is 13.8 Å². The fraction of sp³-hybridized carbons (Fsp3) is 0.889. The van der Waals surface area contributed by atoms with Crippen molar-refractivity contribution in [3.8, 4) is 0 Å². The Morgan fingerprint density at radius 2 is 2.08 bits per heavy atom. The van der Waals surface area contributed by atoms with Crippen molar-refractivity contribution < 1.29 is 4.79 Å². The predicted octanol–water partition coefficient (Wildman–Crippen LogP) is 0.551. The zero-order chi connectivity index (χ0) is 9.40. The van der Waals surface area contributed by atoms with Gasteiger partial charge in [0.2, 0.25) is 0 Å². The number of carbonyl (C=O) groups excluding carboxylic acids is 1. The monoisotopic (exact) mass is 172 g/mol. The fourth-order valence-corrected chi connectivity index (χ4v) is 0.996. The average Bonchev–Trinajstić information content (AvgIpc) is 2.05. The summed E-state index contributed by atoms with van der Waals surface area (Å²) < 4.78 is 0. The van der Waals surface area contributed by atoms with Gasteiger partial charge < -0.3 is 15.4 Å². The molecule has 0 aromatic rings. The van der Waals surface area contributed by atoms with Crippen LogP contribution in [0.4, 0.5) is 0 Å². The largest absolute Gasteiger partial charge is 0.316 e. The highest BCUT2D eigenvalue weighted by atomic mass is 16.1. The maximum atomic E-state index is 10.1. The first kappa shape index (κ1) is 11.6. The van der Waals surface area contributed by atoms with E-state index in [4.69, 9.17) is 0 Å². The van der Waals surface area contributed by atoms with Gasteiger partial charge in [0.1, 0.15) is 6.29 Å². The van der Waals surface area contributed by atoms with E-state index in [1.807, 2.05) is 7.05 Å². The summed E-state index contributed by atoms with van der Waals surface area (Å²) in [5.74, 6) is 0. The van der Waals surface area contributed by atoms with Gasteiger partial charge >= 0.3 is 0 Å². The van der Waals surface area contributed by atoms with Crippen LogP contribution in [-0.4, -0.2) is 32.0 Å². The van der Waals surface area contributed by atoms with E-state index in [0.29, 0.717) is 18.5 Å². The Labute approximate surface area is 74.9 Å². The van der Waals surface area contributed by atoms with Crippen molar-refractivity contribution >= 4 is 6.29 Å². The number of hydrogen-bond acceptors (Lipinski definition) is 3. The topological polar surface area (TPSA) is 41.1 Å². The summed E-state index contributed by atoms with van der Waals surface area (Å²) in [5.41, 5.74) is 0. The van der Waals surface area contributed by atoms with Crippen molar-refractivity contribution in [2.45, 2.75) is 38.8 Å². The molecular formula is C9H20N2O. The Bertz CT molecular complexity index is 115. The summed E-state index contributed by atoms with van der Waals surface area (Å²) in [6.07, 6.45) is 2.53. The zero-order valence-electron chi connectivity index (χ0n) is 8.26. The minimum Gasteiger partial charge on any atom is -0.316 e. The molecule has 0 saturated heterocycles. The molecule has 0 aliphatic carbocycles. The first-order valence-corrected chi connectivity index (χ1v) is 4.55. The lowest BCUT2D eigenvalue weighted by Crippen LogP contribution is -2.39. The number of nitrogens with one attached hydrogen (secondary N) is 2. The van der Waals surface area contributed by atoms with E-state index >= 15 is 0 Å². The van der Waals surface area contributed by atoms with Gasteiger partial charge in [0, 0.05) is 25.0 Å². The second-order valence-corrected chi connectivity index (χ2v) is 3.29. The van der Waals surface area contributed by atoms with Crippen molar-refractivity contribution in [2.75, 3.05) is 13.6 Å². The molecule has 3 heteroatoms. The molecule has 0 fully saturated rings. The molecule has 0 amide bonds. The first-order chi connectivity index (χ1) is 5.70. The van der Waals surface area contributed by atoms with Crippen molar-refractivity contribution in [2.24, 2.45) is 0 Å². The fourth-order valence-electron chi connectivity index (χ4n) is 0.996. The standard InChI is InChI=1S/C9H20N2O/c1-8(2)11-7-9(10-3)5-4-6-12/h6,8-11H,4-5,7H2,1-3H3. The number of carbonyl (C=O) groups is 1. The minimum absolute atomic E-state index is 0.414. The first-order valence-electron chi connectivity index (χ1n) is 4.55. The molecule has 0 spiro atoms. The lowest BCUT2D eigenvalue weighted by atomic mass is 10.1. The Balaban J connectivity index is 3.45. The summed E-state index contributed by atoms with van der Waals surface area (Å²) in [7, 11) is 1.93. The highest BCUT2D eigenvalue weighted by molar-refractivity contribution is 5.49. The molecule has 0 saturated carbocycles. The molecule has 0 aliphatic heterocycles. The van der Waals surface area contributed by atoms with E-state index in [1.165, 1.54) is 0 Å². The molecule has 2 N–H and O–H groups in total. The molecule has 3 nitrogen and oxygen atoms in total. The quantitative estimate of drug-likeness (QED) is 0.551. The second kappa shape index (κ2) is 7.25. The van der Waals surface area contributed by atoms with Gasteiger partial charge in [-0.25, -0.2) is 0 Å². The van der Waals surface area contributed by atoms with Gasteiger partial charge in [-0.15, -0.1) is 0 Å². The van der Waals surface area contributed by atoms with E-state index < -0.39 is 0 Å². The summed E-state index contributed by atoms with van der Waals surface area (Å²) >= 11 is 0.